The van der Waals surface area contributed by atoms with Gasteiger partial charge in [0.25, 0.3) is 5.91 Å². The minimum absolute atomic E-state index is 0.0109. The van der Waals surface area contributed by atoms with Crippen LogP contribution >= 0.6 is 11.3 Å². The molecule has 0 bridgehead atoms. The Morgan fingerprint density at radius 3 is 2.50 bits per heavy atom. The van der Waals surface area contributed by atoms with E-state index in [1.54, 1.807) is 9.80 Å². The molecule has 6 heteroatoms. The zero-order chi connectivity index (χ0) is 21.3. The van der Waals surface area contributed by atoms with Crippen LogP contribution in [0, 0.1) is 13.8 Å². The van der Waals surface area contributed by atoms with Gasteiger partial charge in [0.05, 0.1) is 6.61 Å². The van der Waals surface area contributed by atoms with E-state index < -0.39 is 6.04 Å². The Balaban J connectivity index is 1.76. The average Bonchev–Trinajstić information content (AvgIpc) is 3.27. The largest absolute Gasteiger partial charge is 0.494 e. The molecule has 2 heterocycles. The summed E-state index contributed by atoms with van der Waals surface area (Å²) in [6.07, 6.45) is 0. The fraction of sp³-hybridized carbons (Fsp3) is 0.250. The molecule has 1 aliphatic heterocycles. The van der Waals surface area contributed by atoms with Crippen LogP contribution in [0.25, 0.3) is 0 Å². The van der Waals surface area contributed by atoms with Gasteiger partial charge in [0, 0.05) is 11.4 Å². The number of piperazine rings is 1. The Morgan fingerprint density at radius 1 is 1.07 bits per heavy atom. The summed E-state index contributed by atoms with van der Waals surface area (Å²) in [5.74, 6) is 0.521. The fourth-order valence-electron chi connectivity index (χ4n) is 3.81. The monoisotopic (exact) mass is 420 g/mol. The van der Waals surface area contributed by atoms with Gasteiger partial charge in [0.15, 0.2) is 0 Å². The lowest BCUT2D eigenvalue weighted by atomic mass is 10.00. The topological polar surface area (TPSA) is 49.9 Å². The molecule has 1 atom stereocenters. The number of nitrogens with zero attached hydrogens (tertiary/aromatic N) is 2. The molecule has 3 aromatic rings. The molecule has 2 amide bonds. The number of rotatable bonds is 5. The van der Waals surface area contributed by atoms with Crippen molar-refractivity contribution in [2.24, 2.45) is 0 Å². The second-order valence-corrected chi connectivity index (χ2v) is 8.07. The number of ether oxygens (including phenoxy) is 1. The molecule has 1 aromatic heterocycles. The maximum absolute atomic E-state index is 13.7. The van der Waals surface area contributed by atoms with E-state index in [1.807, 2.05) is 80.1 Å². The summed E-state index contributed by atoms with van der Waals surface area (Å²) in [5, 5.41) is 3.87. The zero-order valence-electron chi connectivity index (χ0n) is 17.3. The van der Waals surface area contributed by atoms with E-state index in [1.165, 1.54) is 11.3 Å². The van der Waals surface area contributed by atoms with E-state index >= 15 is 0 Å². The van der Waals surface area contributed by atoms with Crippen LogP contribution in [0.3, 0.4) is 0 Å². The quantitative estimate of drug-likeness (QED) is 0.591. The molecule has 154 valence electrons. The predicted octanol–water partition coefficient (Wildman–Crippen LogP) is 4.88. The molecule has 5 nitrogen and oxygen atoms in total. The number of amides is 2. The molecule has 0 spiro atoms. The summed E-state index contributed by atoms with van der Waals surface area (Å²) >= 11 is 1.52. The fourth-order valence-corrected chi connectivity index (χ4v) is 4.49. The van der Waals surface area contributed by atoms with Crippen LogP contribution in [-0.4, -0.2) is 25.0 Å². The van der Waals surface area contributed by atoms with E-state index in [0.29, 0.717) is 12.3 Å². The summed E-state index contributed by atoms with van der Waals surface area (Å²) in [6, 6.07) is 14.4. The molecule has 1 aliphatic rings. The van der Waals surface area contributed by atoms with E-state index in [9.17, 15) is 9.59 Å². The first kappa shape index (κ1) is 20.2. The van der Waals surface area contributed by atoms with E-state index in [-0.39, 0.29) is 18.4 Å². The maximum atomic E-state index is 13.7. The van der Waals surface area contributed by atoms with Crippen LogP contribution in [0.15, 0.2) is 59.3 Å². The Kier molecular flexibility index (Phi) is 5.59. The highest BCUT2D eigenvalue weighted by Crippen LogP contribution is 2.37. The summed E-state index contributed by atoms with van der Waals surface area (Å²) < 4.78 is 5.52. The number of thiophene rings is 1. The highest BCUT2D eigenvalue weighted by Gasteiger charge is 2.42. The molecule has 4 rings (SSSR count). The molecular weight excluding hydrogens is 396 g/mol. The van der Waals surface area contributed by atoms with Gasteiger partial charge in [-0.25, -0.2) is 0 Å². The lowest BCUT2D eigenvalue weighted by Crippen LogP contribution is -2.56. The number of aryl methyl sites for hydroxylation is 1. The van der Waals surface area contributed by atoms with Crippen LogP contribution in [0.4, 0.5) is 11.4 Å². The van der Waals surface area contributed by atoms with Crippen molar-refractivity contribution < 1.29 is 14.3 Å². The Hall–Kier alpha value is -3.12. The first-order valence-electron chi connectivity index (χ1n) is 9.96. The van der Waals surface area contributed by atoms with Crippen LogP contribution in [-0.2, 0) is 9.59 Å². The first-order chi connectivity index (χ1) is 14.5. The van der Waals surface area contributed by atoms with Crippen LogP contribution in [0.1, 0.15) is 29.7 Å². The van der Waals surface area contributed by atoms with Gasteiger partial charge in [-0.15, -0.1) is 0 Å². The average molecular weight is 421 g/mol. The van der Waals surface area contributed by atoms with Crippen molar-refractivity contribution in [3.05, 3.63) is 76.0 Å². The first-order valence-corrected chi connectivity index (χ1v) is 10.9. The summed E-state index contributed by atoms with van der Waals surface area (Å²) in [6.45, 7) is 6.51. The number of hydrogen-bond donors (Lipinski definition) is 0. The Labute approximate surface area is 180 Å². The number of benzene rings is 2. The number of anilines is 2. The van der Waals surface area contributed by atoms with Gasteiger partial charge in [-0.2, -0.15) is 11.3 Å². The van der Waals surface area contributed by atoms with Crippen molar-refractivity contribution in [2.75, 3.05) is 23.0 Å². The standard InChI is InChI=1S/C24H24N2O3S/c1-4-29-20-10-8-19(9-11-20)26-22(27)14-25(21-7-5-6-16(2)17(21)3)24(28)23(26)18-12-13-30-15-18/h5-13,15,23H,4,14H2,1-3H3/t23-/m0/s1. The molecule has 0 saturated carbocycles. The molecule has 0 radical (unpaired) electrons. The minimum Gasteiger partial charge on any atom is -0.494 e. The van der Waals surface area contributed by atoms with Crippen LogP contribution in [0.5, 0.6) is 5.75 Å². The van der Waals surface area contributed by atoms with Crippen molar-refractivity contribution in [3.8, 4) is 5.75 Å². The maximum Gasteiger partial charge on any atom is 0.255 e. The third-order valence-corrected chi connectivity index (χ3v) is 6.17. The highest BCUT2D eigenvalue weighted by molar-refractivity contribution is 7.08. The van der Waals surface area contributed by atoms with Crippen molar-refractivity contribution in [1.29, 1.82) is 0 Å². The molecule has 1 fully saturated rings. The third-order valence-electron chi connectivity index (χ3n) is 5.47. The third kappa shape index (κ3) is 3.59. The van der Waals surface area contributed by atoms with E-state index in [4.69, 9.17) is 4.74 Å². The lowest BCUT2D eigenvalue weighted by molar-refractivity contribution is -0.128. The van der Waals surface area contributed by atoms with Gasteiger partial charge in [-0.05, 0) is 84.6 Å². The van der Waals surface area contributed by atoms with Gasteiger partial charge in [0.1, 0.15) is 18.3 Å². The summed E-state index contributed by atoms with van der Waals surface area (Å²) in [4.78, 5) is 30.3. The van der Waals surface area contributed by atoms with Gasteiger partial charge < -0.3 is 9.64 Å². The summed E-state index contributed by atoms with van der Waals surface area (Å²) in [7, 11) is 0. The van der Waals surface area contributed by atoms with E-state index in [2.05, 4.69) is 0 Å². The van der Waals surface area contributed by atoms with Crippen LogP contribution < -0.4 is 14.5 Å². The normalized spacial score (nSPS) is 16.8. The van der Waals surface area contributed by atoms with Crippen molar-refractivity contribution >= 4 is 34.5 Å². The number of carbonyl (C=O) groups is 2. The summed E-state index contributed by atoms with van der Waals surface area (Å²) in [5.41, 5.74) is 4.40. The van der Waals surface area contributed by atoms with Crippen molar-refractivity contribution in [2.45, 2.75) is 26.8 Å². The predicted molar refractivity (Wildman–Crippen MR) is 120 cm³/mol. The van der Waals surface area contributed by atoms with Crippen molar-refractivity contribution in [3.63, 3.8) is 0 Å². The molecule has 1 saturated heterocycles. The highest BCUT2D eigenvalue weighted by atomic mass is 32.1. The molecule has 0 unspecified atom stereocenters. The molecular formula is C24H24N2O3S. The van der Waals surface area contributed by atoms with Gasteiger partial charge in [-0.3, -0.25) is 14.5 Å². The SMILES string of the molecule is CCOc1ccc(N2C(=O)CN(c3cccc(C)c3C)C(=O)[C@@H]2c2ccsc2)cc1. The smallest absolute Gasteiger partial charge is 0.255 e. The molecule has 30 heavy (non-hydrogen) atoms. The second kappa shape index (κ2) is 8.32. The zero-order valence-corrected chi connectivity index (χ0v) is 18.1. The van der Waals surface area contributed by atoms with Crippen molar-refractivity contribution in [1.82, 2.24) is 0 Å². The Bertz CT molecular complexity index is 1060. The second-order valence-electron chi connectivity index (χ2n) is 7.29. The van der Waals surface area contributed by atoms with Crippen LogP contribution in [0.2, 0.25) is 0 Å². The minimum atomic E-state index is -0.699. The molecule has 0 N–H and O–H groups in total. The van der Waals surface area contributed by atoms with Gasteiger partial charge in [-0.1, -0.05) is 12.1 Å². The number of hydrogen-bond acceptors (Lipinski definition) is 4. The van der Waals surface area contributed by atoms with Gasteiger partial charge >= 0.3 is 0 Å². The molecule has 0 aliphatic carbocycles. The molecule has 2 aromatic carbocycles. The number of carbonyl (C=O) groups excluding carboxylic acids is 2. The Morgan fingerprint density at radius 2 is 1.83 bits per heavy atom. The lowest BCUT2D eigenvalue weighted by Gasteiger charge is -2.40. The van der Waals surface area contributed by atoms with E-state index in [0.717, 1.165) is 28.1 Å². The van der Waals surface area contributed by atoms with Gasteiger partial charge in [0.2, 0.25) is 5.91 Å².